The largest absolute Gasteiger partial charge is 0.374 e. The summed E-state index contributed by atoms with van der Waals surface area (Å²) in [5.41, 5.74) is 3.00. The van der Waals surface area contributed by atoms with Gasteiger partial charge in [0.15, 0.2) is 0 Å². The van der Waals surface area contributed by atoms with Gasteiger partial charge in [-0.25, -0.2) is 0 Å². The number of non-ortho nitro benzene ring substituents is 1. The summed E-state index contributed by atoms with van der Waals surface area (Å²) in [5.74, 6) is -0.721. The molecule has 0 bridgehead atoms. The van der Waals surface area contributed by atoms with E-state index in [1.807, 2.05) is 32.0 Å². The first-order valence-electron chi connectivity index (χ1n) is 8.42. The highest BCUT2D eigenvalue weighted by molar-refractivity contribution is 5.96. The molecule has 1 atom stereocenters. The Morgan fingerprint density at radius 1 is 1.11 bits per heavy atom. The number of hydrogen-bond acceptors (Lipinski definition) is 5. The van der Waals surface area contributed by atoms with E-state index < -0.39 is 16.9 Å². The number of nitro benzene ring substituents is 1. The monoisotopic (exact) mass is 370 g/mol. The van der Waals surface area contributed by atoms with Crippen molar-refractivity contribution in [3.8, 4) is 0 Å². The number of para-hydroxylation sites is 1. The molecule has 0 aliphatic rings. The van der Waals surface area contributed by atoms with E-state index in [0.717, 1.165) is 16.8 Å². The number of hydrogen-bond donors (Lipinski definition) is 3. The zero-order chi connectivity index (χ0) is 20.0. The number of amides is 2. The molecule has 0 saturated carbocycles. The number of nitro groups is 1. The number of benzene rings is 2. The number of rotatable bonds is 7. The van der Waals surface area contributed by atoms with Crippen molar-refractivity contribution >= 4 is 28.9 Å². The summed E-state index contributed by atoms with van der Waals surface area (Å²) >= 11 is 0. The average Bonchev–Trinajstić information content (AvgIpc) is 2.63. The Labute approximate surface area is 157 Å². The Bertz CT molecular complexity index is 846. The Morgan fingerprint density at radius 3 is 2.37 bits per heavy atom. The van der Waals surface area contributed by atoms with Crippen LogP contribution in [-0.2, 0) is 9.59 Å². The highest BCUT2D eigenvalue weighted by atomic mass is 16.6. The van der Waals surface area contributed by atoms with Gasteiger partial charge in [-0.2, -0.15) is 0 Å². The van der Waals surface area contributed by atoms with Crippen molar-refractivity contribution in [1.82, 2.24) is 5.32 Å². The first-order valence-corrected chi connectivity index (χ1v) is 8.42. The number of aryl methyl sites for hydroxylation is 2. The Kier molecular flexibility index (Phi) is 6.48. The van der Waals surface area contributed by atoms with Crippen molar-refractivity contribution in [3.63, 3.8) is 0 Å². The number of anilines is 2. The summed E-state index contributed by atoms with van der Waals surface area (Å²) in [7, 11) is 0. The van der Waals surface area contributed by atoms with Crippen LogP contribution in [0.1, 0.15) is 18.1 Å². The van der Waals surface area contributed by atoms with Crippen LogP contribution in [0.15, 0.2) is 42.5 Å². The molecule has 2 rings (SSSR count). The lowest BCUT2D eigenvalue weighted by molar-refractivity contribution is -0.384. The fourth-order valence-corrected chi connectivity index (χ4v) is 2.54. The molecule has 27 heavy (non-hydrogen) atoms. The van der Waals surface area contributed by atoms with Gasteiger partial charge in [0.05, 0.1) is 11.5 Å². The van der Waals surface area contributed by atoms with Crippen molar-refractivity contribution < 1.29 is 14.5 Å². The van der Waals surface area contributed by atoms with Crippen molar-refractivity contribution in [2.24, 2.45) is 0 Å². The minimum Gasteiger partial charge on any atom is -0.374 e. The molecule has 2 aromatic carbocycles. The molecule has 8 nitrogen and oxygen atoms in total. The molecule has 0 aliphatic carbocycles. The number of carbonyl (C=O) groups is 2. The quantitative estimate of drug-likeness (QED) is 0.512. The molecule has 2 aromatic rings. The maximum Gasteiger partial charge on any atom is 0.271 e. The standard InChI is InChI=1S/C19H22N4O4/c1-12-6-4-7-13(2)18(12)22-17(24)11-20-19(25)14(3)21-15-8-5-9-16(10-15)23(26)27/h4-10,14,21H,11H2,1-3H3,(H,20,25)(H,22,24)/t14-/m0/s1. The van der Waals surface area contributed by atoms with Gasteiger partial charge in [-0.3, -0.25) is 19.7 Å². The fourth-order valence-electron chi connectivity index (χ4n) is 2.54. The van der Waals surface area contributed by atoms with Gasteiger partial charge in [0, 0.05) is 23.5 Å². The number of carbonyl (C=O) groups excluding carboxylic acids is 2. The second-order valence-corrected chi connectivity index (χ2v) is 6.21. The third-order valence-electron chi connectivity index (χ3n) is 4.00. The van der Waals surface area contributed by atoms with E-state index in [4.69, 9.17) is 0 Å². The molecule has 0 radical (unpaired) electrons. The van der Waals surface area contributed by atoms with Crippen LogP contribution in [0, 0.1) is 24.0 Å². The maximum absolute atomic E-state index is 12.2. The second-order valence-electron chi connectivity index (χ2n) is 6.21. The molecular formula is C19H22N4O4. The molecule has 0 aliphatic heterocycles. The van der Waals surface area contributed by atoms with E-state index in [1.54, 1.807) is 13.0 Å². The van der Waals surface area contributed by atoms with Crippen molar-refractivity contribution in [3.05, 3.63) is 63.7 Å². The van der Waals surface area contributed by atoms with E-state index in [0.29, 0.717) is 5.69 Å². The van der Waals surface area contributed by atoms with E-state index >= 15 is 0 Å². The molecule has 142 valence electrons. The van der Waals surface area contributed by atoms with Gasteiger partial charge in [-0.1, -0.05) is 24.3 Å². The zero-order valence-electron chi connectivity index (χ0n) is 15.4. The Morgan fingerprint density at radius 2 is 1.74 bits per heavy atom. The first-order chi connectivity index (χ1) is 12.8. The second kappa shape index (κ2) is 8.79. The summed E-state index contributed by atoms with van der Waals surface area (Å²) in [6.07, 6.45) is 0. The molecule has 8 heteroatoms. The fraction of sp³-hybridized carbons (Fsp3) is 0.263. The molecule has 3 N–H and O–H groups in total. The molecule has 2 amide bonds. The van der Waals surface area contributed by atoms with Gasteiger partial charge < -0.3 is 16.0 Å². The van der Waals surface area contributed by atoms with Crippen molar-refractivity contribution in [2.75, 3.05) is 17.2 Å². The topological polar surface area (TPSA) is 113 Å². The SMILES string of the molecule is Cc1cccc(C)c1NC(=O)CNC(=O)[C@H](C)Nc1cccc([N+](=O)[O-])c1. The van der Waals surface area contributed by atoms with Crippen LogP contribution in [0.2, 0.25) is 0 Å². The van der Waals surface area contributed by atoms with Crippen LogP contribution in [-0.4, -0.2) is 29.3 Å². The highest BCUT2D eigenvalue weighted by Gasteiger charge is 2.15. The third-order valence-corrected chi connectivity index (χ3v) is 4.00. The molecule has 0 saturated heterocycles. The van der Waals surface area contributed by atoms with Gasteiger partial charge >= 0.3 is 0 Å². The molecule has 0 fully saturated rings. The lowest BCUT2D eigenvalue weighted by atomic mass is 10.1. The Hall–Kier alpha value is -3.42. The van der Waals surface area contributed by atoms with Crippen molar-refractivity contribution in [2.45, 2.75) is 26.8 Å². The summed E-state index contributed by atoms with van der Waals surface area (Å²) in [4.78, 5) is 34.6. The van der Waals surface area contributed by atoms with E-state index in [2.05, 4.69) is 16.0 Å². The molecule has 0 aromatic heterocycles. The summed E-state index contributed by atoms with van der Waals surface area (Å²) < 4.78 is 0. The van der Waals surface area contributed by atoms with E-state index in [9.17, 15) is 19.7 Å². The molecule has 0 unspecified atom stereocenters. The van der Waals surface area contributed by atoms with Crippen LogP contribution in [0.4, 0.5) is 17.1 Å². The Balaban J connectivity index is 1.88. The number of nitrogens with zero attached hydrogens (tertiary/aromatic N) is 1. The van der Waals surface area contributed by atoms with Crippen LogP contribution in [0.25, 0.3) is 0 Å². The van der Waals surface area contributed by atoms with E-state index in [1.165, 1.54) is 18.2 Å². The lowest BCUT2D eigenvalue weighted by Crippen LogP contribution is -2.41. The van der Waals surface area contributed by atoms with Crippen LogP contribution < -0.4 is 16.0 Å². The van der Waals surface area contributed by atoms with E-state index in [-0.39, 0.29) is 18.1 Å². The van der Waals surface area contributed by atoms with Crippen LogP contribution in [0.5, 0.6) is 0 Å². The number of nitrogens with one attached hydrogen (secondary N) is 3. The first kappa shape index (κ1) is 19.9. The third kappa shape index (κ3) is 5.53. The van der Waals surface area contributed by atoms with Crippen LogP contribution in [0.3, 0.4) is 0 Å². The summed E-state index contributed by atoms with van der Waals surface area (Å²) in [6.45, 7) is 5.23. The summed E-state index contributed by atoms with van der Waals surface area (Å²) in [6, 6.07) is 10.9. The molecule has 0 spiro atoms. The minimum atomic E-state index is -0.667. The smallest absolute Gasteiger partial charge is 0.271 e. The highest BCUT2D eigenvalue weighted by Crippen LogP contribution is 2.19. The van der Waals surface area contributed by atoms with Gasteiger partial charge in [-0.05, 0) is 38.0 Å². The molecule has 0 heterocycles. The minimum absolute atomic E-state index is 0.0689. The zero-order valence-corrected chi connectivity index (χ0v) is 15.4. The van der Waals surface area contributed by atoms with Crippen molar-refractivity contribution in [1.29, 1.82) is 0 Å². The summed E-state index contributed by atoms with van der Waals surface area (Å²) in [5, 5.41) is 19.0. The van der Waals surface area contributed by atoms with Crippen LogP contribution >= 0.6 is 0 Å². The average molecular weight is 370 g/mol. The predicted octanol–water partition coefficient (Wildman–Crippen LogP) is 2.77. The van der Waals surface area contributed by atoms with Gasteiger partial charge in [-0.15, -0.1) is 0 Å². The lowest BCUT2D eigenvalue weighted by Gasteiger charge is -2.16. The van der Waals surface area contributed by atoms with Gasteiger partial charge in [0.25, 0.3) is 5.69 Å². The van der Waals surface area contributed by atoms with Gasteiger partial charge in [0.2, 0.25) is 11.8 Å². The molecular weight excluding hydrogens is 348 g/mol. The predicted molar refractivity (Wildman–Crippen MR) is 104 cm³/mol. The maximum atomic E-state index is 12.2. The normalized spacial score (nSPS) is 11.4. The van der Waals surface area contributed by atoms with Gasteiger partial charge in [0.1, 0.15) is 6.04 Å².